The quantitative estimate of drug-likeness (QED) is 0.667. The number of piperidine rings is 1. The topological polar surface area (TPSA) is 83.9 Å². The Kier molecular flexibility index (Phi) is 3.87. The van der Waals surface area contributed by atoms with E-state index in [4.69, 9.17) is 5.11 Å². The molecule has 2 atom stereocenters. The molecule has 1 saturated heterocycles. The van der Waals surface area contributed by atoms with Gasteiger partial charge >= 0.3 is 11.9 Å². The standard InChI is InChI=1S/C10H15NO5/c1-6(12)11-5-3-4-7(9(13)14)8(11)10(15)16-2/h7-8H,3-5H2,1-2H3,(H,13,14). The fourth-order valence-electron chi connectivity index (χ4n) is 2.02. The molecule has 1 rings (SSSR count). The number of carbonyl (C=O) groups is 3. The van der Waals surface area contributed by atoms with Gasteiger partial charge in [-0.15, -0.1) is 0 Å². The van der Waals surface area contributed by atoms with Crippen molar-refractivity contribution in [3.05, 3.63) is 0 Å². The van der Waals surface area contributed by atoms with E-state index < -0.39 is 23.9 Å². The van der Waals surface area contributed by atoms with Gasteiger partial charge < -0.3 is 14.7 Å². The number of hydrogen-bond donors (Lipinski definition) is 1. The Labute approximate surface area is 93.2 Å². The highest BCUT2D eigenvalue weighted by molar-refractivity contribution is 5.88. The fraction of sp³-hybridized carbons (Fsp3) is 0.700. The van der Waals surface area contributed by atoms with Gasteiger partial charge in [-0.1, -0.05) is 0 Å². The smallest absolute Gasteiger partial charge is 0.329 e. The summed E-state index contributed by atoms with van der Waals surface area (Å²) in [6.07, 6.45) is 0.975. The number of carboxylic acid groups (broad SMARTS) is 1. The van der Waals surface area contributed by atoms with Crippen molar-refractivity contribution in [1.29, 1.82) is 0 Å². The minimum absolute atomic E-state index is 0.304. The minimum atomic E-state index is -1.07. The second kappa shape index (κ2) is 4.96. The van der Waals surface area contributed by atoms with Crippen molar-refractivity contribution < 1.29 is 24.2 Å². The molecule has 1 fully saturated rings. The van der Waals surface area contributed by atoms with Crippen LogP contribution in [0.25, 0.3) is 0 Å². The summed E-state index contributed by atoms with van der Waals surface area (Å²) in [5.74, 6) is -2.91. The van der Waals surface area contributed by atoms with Crippen LogP contribution in [0, 0.1) is 5.92 Å². The molecule has 1 N–H and O–H groups in total. The summed E-state index contributed by atoms with van der Waals surface area (Å²) in [7, 11) is 1.19. The van der Waals surface area contributed by atoms with Gasteiger partial charge in [-0.05, 0) is 12.8 Å². The maximum atomic E-state index is 11.5. The predicted molar refractivity (Wildman–Crippen MR) is 53.6 cm³/mol. The van der Waals surface area contributed by atoms with Gasteiger partial charge in [0.2, 0.25) is 5.91 Å². The third-order valence-electron chi connectivity index (χ3n) is 2.80. The molecule has 2 unspecified atom stereocenters. The van der Waals surface area contributed by atoms with Crippen molar-refractivity contribution in [1.82, 2.24) is 4.90 Å². The average molecular weight is 229 g/mol. The molecule has 0 aromatic rings. The Bertz CT molecular complexity index is 292. The van der Waals surface area contributed by atoms with Crippen LogP contribution in [-0.4, -0.2) is 47.5 Å². The molecule has 0 aliphatic carbocycles. The first-order valence-electron chi connectivity index (χ1n) is 5.07. The molecule has 6 nitrogen and oxygen atoms in total. The van der Waals surface area contributed by atoms with Crippen molar-refractivity contribution in [2.24, 2.45) is 5.92 Å². The number of carbonyl (C=O) groups excluding carboxylic acids is 2. The zero-order valence-corrected chi connectivity index (χ0v) is 9.30. The highest BCUT2D eigenvalue weighted by Crippen LogP contribution is 2.25. The molecule has 16 heavy (non-hydrogen) atoms. The molecule has 0 aromatic carbocycles. The second-order valence-corrected chi connectivity index (χ2v) is 3.77. The minimum Gasteiger partial charge on any atom is -0.481 e. The molecule has 1 aliphatic heterocycles. The Morgan fingerprint density at radius 3 is 2.44 bits per heavy atom. The molecule has 1 amide bonds. The van der Waals surface area contributed by atoms with Crippen LogP contribution in [0.4, 0.5) is 0 Å². The van der Waals surface area contributed by atoms with Crippen molar-refractivity contribution in [3.8, 4) is 0 Å². The van der Waals surface area contributed by atoms with E-state index in [1.165, 1.54) is 18.9 Å². The number of likely N-dealkylation sites (tertiary alicyclic amines) is 1. The van der Waals surface area contributed by atoms with Crippen molar-refractivity contribution in [3.63, 3.8) is 0 Å². The van der Waals surface area contributed by atoms with Gasteiger partial charge in [0.05, 0.1) is 13.0 Å². The van der Waals surface area contributed by atoms with E-state index >= 15 is 0 Å². The molecule has 90 valence electrons. The highest BCUT2D eigenvalue weighted by Gasteiger charge is 2.42. The van der Waals surface area contributed by atoms with Crippen LogP contribution in [0.3, 0.4) is 0 Å². The molecule has 0 saturated carbocycles. The summed E-state index contributed by atoms with van der Waals surface area (Å²) < 4.78 is 4.55. The lowest BCUT2D eigenvalue weighted by Gasteiger charge is -2.36. The van der Waals surface area contributed by atoms with Gasteiger partial charge in [-0.3, -0.25) is 9.59 Å². The van der Waals surface area contributed by atoms with Gasteiger partial charge in [-0.2, -0.15) is 0 Å². The van der Waals surface area contributed by atoms with E-state index in [-0.39, 0.29) is 5.91 Å². The number of methoxy groups -OCH3 is 1. The van der Waals surface area contributed by atoms with Crippen LogP contribution in [0.1, 0.15) is 19.8 Å². The lowest BCUT2D eigenvalue weighted by atomic mass is 9.89. The number of amides is 1. The third kappa shape index (κ3) is 2.32. The number of nitrogens with zero attached hydrogens (tertiary/aromatic N) is 1. The first-order chi connectivity index (χ1) is 7.49. The SMILES string of the molecule is COC(=O)C1C(C(=O)O)CCCN1C(C)=O. The van der Waals surface area contributed by atoms with Crippen LogP contribution in [-0.2, 0) is 19.1 Å². The van der Waals surface area contributed by atoms with Crippen LogP contribution in [0.5, 0.6) is 0 Å². The third-order valence-corrected chi connectivity index (χ3v) is 2.80. The van der Waals surface area contributed by atoms with E-state index in [9.17, 15) is 14.4 Å². The predicted octanol–water partition coefficient (Wildman–Crippen LogP) is -0.129. The zero-order chi connectivity index (χ0) is 12.3. The summed E-state index contributed by atoms with van der Waals surface area (Å²) in [5.41, 5.74) is 0. The lowest BCUT2D eigenvalue weighted by molar-refractivity contribution is -0.163. The summed E-state index contributed by atoms with van der Waals surface area (Å²) in [5, 5.41) is 9.01. The number of hydrogen-bond acceptors (Lipinski definition) is 4. The fourth-order valence-corrected chi connectivity index (χ4v) is 2.02. The Morgan fingerprint density at radius 1 is 1.38 bits per heavy atom. The molecule has 1 heterocycles. The van der Waals surface area contributed by atoms with E-state index in [0.29, 0.717) is 19.4 Å². The number of carboxylic acids is 1. The molecule has 0 radical (unpaired) electrons. The molecular weight excluding hydrogens is 214 g/mol. The Hall–Kier alpha value is -1.59. The maximum absolute atomic E-state index is 11.5. The molecule has 0 aromatic heterocycles. The van der Waals surface area contributed by atoms with E-state index in [0.717, 1.165) is 0 Å². The largest absolute Gasteiger partial charge is 0.481 e. The molecular formula is C10H15NO5. The van der Waals surface area contributed by atoms with Gasteiger partial charge in [-0.25, -0.2) is 4.79 Å². The summed E-state index contributed by atoms with van der Waals surface area (Å²) in [4.78, 5) is 35.1. The van der Waals surface area contributed by atoms with Crippen molar-refractivity contribution >= 4 is 17.8 Å². The monoisotopic (exact) mass is 229 g/mol. The summed E-state index contributed by atoms with van der Waals surface area (Å²) in [6.45, 7) is 1.72. The van der Waals surface area contributed by atoms with Gasteiger partial charge in [0.25, 0.3) is 0 Å². The van der Waals surface area contributed by atoms with Crippen molar-refractivity contribution in [2.45, 2.75) is 25.8 Å². The van der Waals surface area contributed by atoms with Gasteiger partial charge in [0.1, 0.15) is 6.04 Å². The number of ether oxygens (including phenoxy) is 1. The zero-order valence-electron chi connectivity index (χ0n) is 9.30. The second-order valence-electron chi connectivity index (χ2n) is 3.77. The molecule has 0 bridgehead atoms. The normalized spacial score (nSPS) is 25.0. The van der Waals surface area contributed by atoms with Crippen molar-refractivity contribution in [2.75, 3.05) is 13.7 Å². The average Bonchev–Trinajstić information content (AvgIpc) is 2.26. The van der Waals surface area contributed by atoms with E-state index in [1.54, 1.807) is 0 Å². The van der Waals surface area contributed by atoms with E-state index in [2.05, 4.69) is 4.74 Å². The summed E-state index contributed by atoms with van der Waals surface area (Å²) in [6, 6.07) is -0.992. The van der Waals surface area contributed by atoms with Gasteiger partial charge in [0.15, 0.2) is 0 Å². The number of rotatable bonds is 2. The first-order valence-corrected chi connectivity index (χ1v) is 5.07. The lowest BCUT2D eigenvalue weighted by Crippen LogP contribution is -2.54. The van der Waals surface area contributed by atoms with Crippen LogP contribution >= 0.6 is 0 Å². The first kappa shape index (κ1) is 12.5. The number of aliphatic carboxylic acids is 1. The molecule has 0 spiro atoms. The van der Waals surface area contributed by atoms with Crippen LogP contribution in [0.15, 0.2) is 0 Å². The highest BCUT2D eigenvalue weighted by atomic mass is 16.5. The molecule has 1 aliphatic rings. The molecule has 6 heteroatoms. The summed E-state index contributed by atoms with van der Waals surface area (Å²) >= 11 is 0. The maximum Gasteiger partial charge on any atom is 0.329 e. The van der Waals surface area contributed by atoms with E-state index in [1.807, 2.05) is 0 Å². The van der Waals surface area contributed by atoms with Crippen LogP contribution < -0.4 is 0 Å². The van der Waals surface area contributed by atoms with Crippen LogP contribution in [0.2, 0.25) is 0 Å². The number of esters is 1. The Morgan fingerprint density at radius 2 is 2.00 bits per heavy atom. The van der Waals surface area contributed by atoms with Gasteiger partial charge in [0, 0.05) is 13.5 Å². The Balaban J connectivity index is 2.98.